The van der Waals surface area contributed by atoms with Crippen LogP contribution in [-0.4, -0.2) is 10.9 Å². The predicted octanol–water partition coefficient (Wildman–Crippen LogP) is 3.59. The lowest BCUT2D eigenvalue weighted by Gasteiger charge is -2.09. The number of benzene rings is 1. The van der Waals surface area contributed by atoms with Crippen molar-refractivity contribution in [3.63, 3.8) is 0 Å². The number of nitrogens with two attached hydrogens (primary N) is 1. The average Bonchev–Trinajstić information content (AvgIpc) is 2.38. The van der Waals surface area contributed by atoms with Gasteiger partial charge in [0.1, 0.15) is 5.15 Å². The number of halogens is 4. The number of carbonyl (C=O) groups is 1. The van der Waals surface area contributed by atoms with Crippen molar-refractivity contribution < 1.29 is 18.0 Å². The Hall–Kier alpha value is -2.28. The minimum atomic E-state index is -4.42. The summed E-state index contributed by atoms with van der Waals surface area (Å²) in [7, 11) is 0. The summed E-state index contributed by atoms with van der Waals surface area (Å²) in [6, 6.07) is 5.36. The zero-order valence-electron chi connectivity index (χ0n) is 10.4. The van der Waals surface area contributed by atoms with E-state index in [2.05, 4.69) is 10.3 Å². The van der Waals surface area contributed by atoms with Crippen LogP contribution in [0, 0.1) is 0 Å². The van der Waals surface area contributed by atoms with Crippen molar-refractivity contribution in [3.05, 3.63) is 52.8 Å². The Morgan fingerprint density at radius 1 is 1.24 bits per heavy atom. The summed E-state index contributed by atoms with van der Waals surface area (Å²) < 4.78 is 37.2. The van der Waals surface area contributed by atoms with Gasteiger partial charge in [-0.3, -0.25) is 4.79 Å². The van der Waals surface area contributed by atoms with E-state index < -0.39 is 17.6 Å². The molecule has 0 radical (unpaired) electrons. The van der Waals surface area contributed by atoms with Gasteiger partial charge in [0.2, 0.25) is 0 Å². The van der Waals surface area contributed by atoms with Crippen molar-refractivity contribution >= 4 is 28.9 Å². The van der Waals surface area contributed by atoms with Crippen molar-refractivity contribution in [1.29, 1.82) is 0 Å². The number of pyridine rings is 1. The van der Waals surface area contributed by atoms with Crippen LogP contribution in [0.25, 0.3) is 0 Å². The molecule has 0 unspecified atom stereocenters. The van der Waals surface area contributed by atoms with Crippen LogP contribution in [0.1, 0.15) is 15.9 Å². The fourth-order valence-corrected chi connectivity index (χ4v) is 1.74. The van der Waals surface area contributed by atoms with E-state index in [4.69, 9.17) is 17.3 Å². The van der Waals surface area contributed by atoms with Gasteiger partial charge in [-0.2, -0.15) is 13.2 Å². The molecule has 1 heterocycles. The Morgan fingerprint density at radius 2 is 1.86 bits per heavy atom. The molecule has 1 aromatic carbocycles. The zero-order chi connectivity index (χ0) is 15.6. The fraction of sp³-hybridized carbons (Fsp3) is 0.0769. The second-order valence-electron chi connectivity index (χ2n) is 4.12. The lowest BCUT2D eigenvalue weighted by atomic mass is 10.2. The topological polar surface area (TPSA) is 68.0 Å². The third-order valence-electron chi connectivity index (χ3n) is 2.62. The molecule has 1 amide bonds. The highest BCUT2D eigenvalue weighted by Gasteiger charge is 2.30. The number of amides is 1. The minimum absolute atomic E-state index is 0.0827. The number of aromatic nitrogens is 1. The van der Waals surface area contributed by atoms with E-state index in [0.717, 1.165) is 24.3 Å². The van der Waals surface area contributed by atoms with Gasteiger partial charge in [0.25, 0.3) is 5.91 Å². The van der Waals surface area contributed by atoms with Crippen molar-refractivity contribution in [1.82, 2.24) is 4.98 Å². The molecule has 2 aromatic rings. The lowest BCUT2D eigenvalue weighted by molar-refractivity contribution is -0.137. The van der Waals surface area contributed by atoms with E-state index in [1.54, 1.807) is 0 Å². The molecule has 0 aliphatic carbocycles. The van der Waals surface area contributed by atoms with Gasteiger partial charge in [-0.1, -0.05) is 11.6 Å². The summed E-state index contributed by atoms with van der Waals surface area (Å²) in [5.74, 6) is -0.587. The Balaban J connectivity index is 2.16. The highest BCUT2D eigenvalue weighted by atomic mass is 35.5. The van der Waals surface area contributed by atoms with E-state index in [9.17, 15) is 18.0 Å². The molecule has 0 fully saturated rings. The molecule has 4 nitrogen and oxygen atoms in total. The molecular formula is C13H9ClF3N3O. The molecule has 1 aromatic heterocycles. The van der Waals surface area contributed by atoms with Crippen molar-refractivity contribution in [2.75, 3.05) is 11.1 Å². The smallest absolute Gasteiger partial charge is 0.398 e. The highest BCUT2D eigenvalue weighted by molar-refractivity contribution is 6.29. The summed E-state index contributed by atoms with van der Waals surface area (Å²) in [4.78, 5) is 15.7. The maximum absolute atomic E-state index is 12.4. The summed E-state index contributed by atoms with van der Waals surface area (Å²) in [6.07, 6.45) is -3.23. The lowest BCUT2D eigenvalue weighted by Crippen LogP contribution is -2.14. The summed E-state index contributed by atoms with van der Waals surface area (Å²) in [6.45, 7) is 0. The number of carbonyl (C=O) groups excluding carboxylic acids is 1. The van der Waals surface area contributed by atoms with E-state index in [1.165, 1.54) is 12.3 Å². The fourth-order valence-electron chi connectivity index (χ4n) is 1.57. The second-order valence-corrected chi connectivity index (χ2v) is 4.51. The van der Waals surface area contributed by atoms with Gasteiger partial charge in [-0.15, -0.1) is 0 Å². The van der Waals surface area contributed by atoms with Gasteiger partial charge in [0.05, 0.1) is 11.1 Å². The number of nitrogen functional groups attached to an aromatic ring is 1. The monoisotopic (exact) mass is 315 g/mol. The molecule has 0 aliphatic heterocycles. The van der Waals surface area contributed by atoms with Crippen LogP contribution < -0.4 is 11.1 Å². The van der Waals surface area contributed by atoms with Crippen molar-refractivity contribution in [2.24, 2.45) is 0 Å². The molecular weight excluding hydrogens is 307 g/mol. The Bertz CT molecular complexity index is 671. The zero-order valence-corrected chi connectivity index (χ0v) is 11.2. The number of nitrogens with zero attached hydrogens (tertiary/aromatic N) is 1. The average molecular weight is 316 g/mol. The molecule has 21 heavy (non-hydrogen) atoms. The molecule has 2 rings (SSSR count). The number of nitrogens with one attached hydrogen (secondary N) is 1. The quantitative estimate of drug-likeness (QED) is 0.832. The van der Waals surface area contributed by atoms with Gasteiger partial charge in [0.15, 0.2) is 0 Å². The van der Waals surface area contributed by atoms with Crippen LogP contribution in [0.2, 0.25) is 5.15 Å². The summed E-state index contributed by atoms with van der Waals surface area (Å²) in [5.41, 5.74) is 5.24. The van der Waals surface area contributed by atoms with Crippen molar-refractivity contribution in [2.45, 2.75) is 6.18 Å². The van der Waals surface area contributed by atoms with Gasteiger partial charge in [-0.25, -0.2) is 4.98 Å². The molecule has 0 aliphatic rings. The third kappa shape index (κ3) is 3.63. The first kappa shape index (κ1) is 15.1. The van der Waals surface area contributed by atoms with E-state index in [1.807, 2.05) is 0 Å². The van der Waals surface area contributed by atoms with Gasteiger partial charge >= 0.3 is 6.18 Å². The molecule has 3 N–H and O–H groups in total. The highest BCUT2D eigenvalue weighted by Crippen LogP contribution is 2.30. The van der Waals surface area contributed by atoms with Crippen LogP contribution >= 0.6 is 11.6 Å². The first-order chi connectivity index (χ1) is 9.77. The van der Waals surface area contributed by atoms with E-state index in [-0.39, 0.29) is 22.1 Å². The Labute approximate surface area is 122 Å². The molecule has 0 saturated heterocycles. The number of anilines is 2. The summed E-state index contributed by atoms with van der Waals surface area (Å²) >= 11 is 5.61. The molecule has 0 atom stereocenters. The number of hydrogen-bond acceptors (Lipinski definition) is 3. The minimum Gasteiger partial charge on any atom is -0.398 e. The van der Waals surface area contributed by atoms with E-state index >= 15 is 0 Å². The first-order valence-corrected chi connectivity index (χ1v) is 6.05. The first-order valence-electron chi connectivity index (χ1n) is 5.67. The predicted molar refractivity (Wildman–Crippen MR) is 73.1 cm³/mol. The standard InChI is InChI=1S/C13H9ClF3N3O/c14-11-5-10(18)9(6-19-11)12(21)20-8-3-1-7(2-4-8)13(15,16)17/h1-6H,(H2,18,19)(H,20,21). The molecule has 0 saturated carbocycles. The Kier molecular flexibility index (Phi) is 4.04. The number of alkyl halides is 3. The Morgan fingerprint density at radius 3 is 2.38 bits per heavy atom. The number of hydrogen-bond donors (Lipinski definition) is 2. The van der Waals surface area contributed by atoms with Gasteiger partial charge < -0.3 is 11.1 Å². The van der Waals surface area contributed by atoms with Gasteiger partial charge in [0, 0.05) is 17.6 Å². The van der Waals surface area contributed by atoms with Crippen LogP contribution in [0.5, 0.6) is 0 Å². The van der Waals surface area contributed by atoms with Crippen LogP contribution in [-0.2, 0) is 6.18 Å². The SMILES string of the molecule is Nc1cc(Cl)ncc1C(=O)Nc1ccc(C(F)(F)F)cc1. The maximum Gasteiger partial charge on any atom is 0.416 e. The molecule has 110 valence electrons. The van der Waals surface area contributed by atoms with Crippen LogP contribution in [0.4, 0.5) is 24.5 Å². The number of rotatable bonds is 2. The summed E-state index contributed by atoms with van der Waals surface area (Å²) in [5, 5.41) is 2.57. The second kappa shape index (κ2) is 5.61. The molecule has 8 heteroatoms. The van der Waals surface area contributed by atoms with Gasteiger partial charge in [-0.05, 0) is 30.3 Å². The third-order valence-corrected chi connectivity index (χ3v) is 2.82. The largest absolute Gasteiger partial charge is 0.416 e. The van der Waals surface area contributed by atoms with Crippen LogP contribution in [0.15, 0.2) is 36.5 Å². The molecule has 0 bridgehead atoms. The van der Waals surface area contributed by atoms with Crippen molar-refractivity contribution in [3.8, 4) is 0 Å². The van der Waals surface area contributed by atoms with Crippen LogP contribution in [0.3, 0.4) is 0 Å². The molecule has 0 spiro atoms. The maximum atomic E-state index is 12.4. The normalized spacial score (nSPS) is 11.2. The van der Waals surface area contributed by atoms with E-state index in [0.29, 0.717) is 0 Å².